The number of hydrogen-bond acceptors (Lipinski definition) is 9. The average Bonchev–Trinajstić information content (AvgIpc) is 3.23. The minimum atomic E-state index is -0.520. The zero-order valence-corrected chi connectivity index (χ0v) is 17.2. The molecule has 1 saturated heterocycles. The Bertz CT molecular complexity index is 912. The molecule has 2 aromatic rings. The molecule has 11 nitrogen and oxygen atoms in total. The van der Waals surface area contributed by atoms with Crippen LogP contribution in [-0.2, 0) is 4.79 Å². The van der Waals surface area contributed by atoms with E-state index in [9.17, 15) is 19.7 Å². The Labute approximate surface area is 176 Å². The predicted molar refractivity (Wildman–Crippen MR) is 112 cm³/mol. The van der Waals surface area contributed by atoms with Gasteiger partial charge in [-0.05, 0) is 23.5 Å². The maximum atomic E-state index is 12.5. The minimum Gasteiger partial charge on any atom is -0.495 e. The van der Waals surface area contributed by atoms with Crippen molar-refractivity contribution in [1.29, 1.82) is 0 Å². The number of amides is 2. The Morgan fingerprint density at radius 1 is 1.27 bits per heavy atom. The van der Waals surface area contributed by atoms with E-state index in [1.807, 2.05) is 17.0 Å². The lowest BCUT2D eigenvalue weighted by Crippen LogP contribution is -2.51. The number of ether oxygens (including phenoxy) is 1. The van der Waals surface area contributed by atoms with Crippen molar-refractivity contribution in [2.24, 2.45) is 0 Å². The highest BCUT2D eigenvalue weighted by Crippen LogP contribution is 2.25. The zero-order chi connectivity index (χ0) is 21.5. The molecule has 2 heterocycles. The van der Waals surface area contributed by atoms with Gasteiger partial charge in [0.05, 0.1) is 30.8 Å². The van der Waals surface area contributed by atoms with E-state index in [2.05, 4.69) is 15.6 Å². The van der Waals surface area contributed by atoms with Gasteiger partial charge in [-0.25, -0.2) is 9.78 Å². The molecular weight excluding hydrogens is 412 g/mol. The lowest BCUT2D eigenvalue weighted by Gasteiger charge is -2.34. The van der Waals surface area contributed by atoms with E-state index in [1.165, 1.54) is 0 Å². The van der Waals surface area contributed by atoms with Crippen molar-refractivity contribution >= 4 is 39.0 Å². The molecule has 1 aliphatic heterocycles. The number of piperazine rings is 1. The molecule has 3 rings (SSSR count). The van der Waals surface area contributed by atoms with Gasteiger partial charge in [0.15, 0.2) is 10.9 Å². The molecule has 0 spiro atoms. The van der Waals surface area contributed by atoms with Crippen LogP contribution in [0.1, 0.15) is 0 Å². The first-order chi connectivity index (χ1) is 14.5. The number of methoxy groups -OCH3 is 1. The molecule has 0 radical (unpaired) electrons. The Balaban J connectivity index is 1.40. The fraction of sp³-hybridized carbons (Fsp3) is 0.389. The molecular formula is C18H22N6O5S. The number of carbonyl (C=O) groups is 2. The maximum Gasteiger partial charge on any atom is 0.345 e. The van der Waals surface area contributed by atoms with Crippen LogP contribution in [0.4, 0.5) is 20.6 Å². The summed E-state index contributed by atoms with van der Waals surface area (Å²) in [6, 6.07) is 6.99. The van der Waals surface area contributed by atoms with Gasteiger partial charge in [-0.15, -0.1) is 0 Å². The Morgan fingerprint density at radius 3 is 2.67 bits per heavy atom. The Hall–Kier alpha value is -3.25. The predicted octanol–water partition coefficient (Wildman–Crippen LogP) is 1.89. The minimum absolute atomic E-state index is 0.0408. The standard InChI is InChI=1S/C18H22N6O5S/c1-29-15-5-3-2-4-14(15)21-18(26)23-8-6-22(7-9-23)12-13(25)10-19-17-20-11-16(30-17)24(27)28/h2-5,11H,6-10,12H2,1H3,(H,19,20)(H,21,26). The molecule has 12 heteroatoms. The molecule has 160 valence electrons. The van der Waals surface area contributed by atoms with E-state index in [4.69, 9.17) is 4.74 Å². The zero-order valence-electron chi connectivity index (χ0n) is 16.4. The van der Waals surface area contributed by atoms with Crippen LogP contribution < -0.4 is 15.4 Å². The highest BCUT2D eigenvalue weighted by Gasteiger charge is 2.23. The monoisotopic (exact) mass is 434 g/mol. The smallest absolute Gasteiger partial charge is 0.345 e. The largest absolute Gasteiger partial charge is 0.495 e. The van der Waals surface area contributed by atoms with Gasteiger partial charge in [-0.1, -0.05) is 12.1 Å². The van der Waals surface area contributed by atoms with Crippen LogP contribution in [0.2, 0.25) is 0 Å². The first-order valence-electron chi connectivity index (χ1n) is 9.23. The molecule has 2 amide bonds. The number of nitrogens with one attached hydrogen (secondary N) is 2. The Morgan fingerprint density at radius 2 is 2.00 bits per heavy atom. The van der Waals surface area contributed by atoms with Crippen molar-refractivity contribution in [3.63, 3.8) is 0 Å². The van der Waals surface area contributed by atoms with Gasteiger partial charge in [-0.2, -0.15) is 0 Å². The van der Waals surface area contributed by atoms with Crippen molar-refractivity contribution in [3.05, 3.63) is 40.6 Å². The summed E-state index contributed by atoms with van der Waals surface area (Å²) in [5.41, 5.74) is 0.608. The molecule has 1 aliphatic rings. The topological polar surface area (TPSA) is 130 Å². The molecule has 1 aromatic carbocycles. The molecule has 1 aromatic heterocycles. The third-order valence-electron chi connectivity index (χ3n) is 4.52. The Kier molecular flexibility index (Phi) is 7.14. The van der Waals surface area contributed by atoms with Crippen LogP contribution in [0.15, 0.2) is 30.5 Å². The first kappa shape index (κ1) is 21.5. The van der Waals surface area contributed by atoms with Gasteiger partial charge < -0.3 is 20.3 Å². The number of Topliss-reactive ketones (excluding diaryl/α,β-unsaturated/α-hetero) is 1. The highest BCUT2D eigenvalue weighted by atomic mass is 32.1. The van der Waals surface area contributed by atoms with Crippen molar-refractivity contribution < 1.29 is 19.2 Å². The summed E-state index contributed by atoms with van der Waals surface area (Å²) in [5.74, 6) is 0.535. The lowest BCUT2D eigenvalue weighted by molar-refractivity contribution is -0.380. The number of nitro groups is 1. The summed E-state index contributed by atoms with van der Waals surface area (Å²) in [4.78, 5) is 42.3. The van der Waals surface area contributed by atoms with Gasteiger partial charge in [-0.3, -0.25) is 19.8 Å². The molecule has 0 bridgehead atoms. The molecule has 0 atom stereocenters. The second-order valence-electron chi connectivity index (χ2n) is 6.55. The van der Waals surface area contributed by atoms with E-state index >= 15 is 0 Å². The van der Waals surface area contributed by atoms with Crippen LogP contribution in [0.25, 0.3) is 0 Å². The number of ketones is 1. The van der Waals surface area contributed by atoms with Crippen molar-refractivity contribution in [1.82, 2.24) is 14.8 Å². The van der Waals surface area contributed by atoms with E-state index in [-0.39, 0.29) is 29.9 Å². The highest BCUT2D eigenvalue weighted by molar-refractivity contribution is 7.18. The molecule has 0 saturated carbocycles. The number of para-hydroxylation sites is 2. The van der Waals surface area contributed by atoms with E-state index in [1.54, 1.807) is 24.1 Å². The number of thiazole rings is 1. The second-order valence-corrected chi connectivity index (χ2v) is 7.56. The van der Waals surface area contributed by atoms with Crippen molar-refractivity contribution in [2.45, 2.75) is 0 Å². The number of benzene rings is 1. The van der Waals surface area contributed by atoms with Gasteiger partial charge >= 0.3 is 11.0 Å². The summed E-state index contributed by atoms with van der Waals surface area (Å²) in [7, 11) is 1.55. The van der Waals surface area contributed by atoms with Crippen molar-refractivity contribution in [3.8, 4) is 5.75 Å². The molecule has 0 aliphatic carbocycles. The summed E-state index contributed by atoms with van der Waals surface area (Å²) < 4.78 is 5.24. The molecule has 0 unspecified atom stereocenters. The van der Waals surface area contributed by atoms with Crippen LogP contribution in [0, 0.1) is 10.1 Å². The number of hydrogen-bond donors (Lipinski definition) is 2. The van der Waals surface area contributed by atoms with Crippen LogP contribution in [0.3, 0.4) is 0 Å². The van der Waals surface area contributed by atoms with Crippen LogP contribution >= 0.6 is 11.3 Å². The number of nitrogens with zero attached hydrogens (tertiary/aromatic N) is 4. The normalized spacial score (nSPS) is 14.2. The number of rotatable bonds is 8. The first-order valence-corrected chi connectivity index (χ1v) is 10.0. The molecule has 1 fully saturated rings. The summed E-state index contributed by atoms with van der Waals surface area (Å²) in [5, 5.41) is 16.6. The van der Waals surface area contributed by atoms with Gasteiger partial charge in [0, 0.05) is 26.2 Å². The summed E-state index contributed by atoms with van der Waals surface area (Å²) in [6.07, 6.45) is 1.16. The average molecular weight is 434 g/mol. The number of carbonyl (C=O) groups excluding carboxylic acids is 2. The SMILES string of the molecule is COc1ccccc1NC(=O)N1CCN(CC(=O)CNc2ncc([N+](=O)[O-])s2)CC1. The second kappa shape index (κ2) is 9.98. The molecule has 2 N–H and O–H groups in total. The fourth-order valence-corrected chi connectivity index (χ4v) is 3.59. The number of urea groups is 1. The van der Waals surface area contributed by atoms with Gasteiger partial charge in [0.25, 0.3) is 0 Å². The van der Waals surface area contributed by atoms with Crippen LogP contribution in [0.5, 0.6) is 5.75 Å². The number of anilines is 2. The quantitative estimate of drug-likeness (QED) is 0.476. The third-order valence-corrected chi connectivity index (χ3v) is 5.42. The lowest BCUT2D eigenvalue weighted by atomic mass is 10.2. The summed E-state index contributed by atoms with van der Waals surface area (Å²) in [6.45, 7) is 2.43. The van der Waals surface area contributed by atoms with Crippen molar-refractivity contribution in [2.75, 3.05) is 57.0 Å². The summed E-state index contributed by atoms with van der Waals surface area (Å²) >= 11 is 0.889. The van der Waals surface area contributed by atoms with Crippen LogP contribution in [-0.4, -0.2) is 77.9 Å². The number of aromatic nitrogens is 1. The van der Waals surface area contributed by atoms with Gasteiger partial charge in [0.2, 0.25) is 0 Å². The van der Waals surface area contributed by atoms with E-state index in [0.29, 0.717) is 42.7 Å². The maximum absolute atomic E-state index is 12.5. The third kappa shape index (κ3) is 5.64. The fourth-order valence-electron chi connectivity index (χ4n) is 2.96. The van der Waals surface area contributed by atoms with E-state index in [0.717, 1.165) is 17.5 Å². The van der Waals surface area contributed by atoms with Gasteiger partial charge in [0.1, 0.15) is 11.9 Å². The van der Waals surface area contributed by atoms with E-state index < -0.39 is 4.92 Å². The molecule has 30 heavy (non-hydrogen) atoms.